The molecule has 4 nitrogen and oxygen atoms in total. The van der Waals surface area contributed by atoms with Gasteiger partial charge in [0.15, 0.2) is 11.5 Å². The molecule has 1 spiro atoms. The molecule has 1 N–H and O–H groups in total. The van der Waals surface area contributed by atoms with Gasteiger partial charge in [0.05, 0.1) is 13.2 Å². The van der Waals surface area contributed by atoms with E-state index >= 15 is 0 Å². The molecule has 0 aromatic heterocycles. The molecule has 2 heterocycles. The molecule has 0 saturated carbocycles. The predicted molar refractivity (Wildman–Crippen MR) is 105 cm³/mol. The molecule has 1 aromatic rings. The van der Waals surface area contributed by atoms with Crippen molar-refractivity contribution in [2.24, 2.45) is 5.41 Å². The van der Waals surface area contributed by atoms with Crippen molar-refractivity contribution in [3.63, 3.8) is 0 Å². The van der Waals surface area contributed by atoms with E-state index in [0.29, 0.717) is 12.0 Å². The van der Waals surface area contributed by atoms with Crippen molar-refractivity contribution in [3.8, 4) is 11.5 Å². The van der Waals surface area contributed by atoms with Crippen molar-refractivity contribution < 1.29 is 9.47 Å². The Balaban J connectivity index is 0.00000225. The van der Waals surface area contributed by atoms with E-state index < -0.39 is 0 Å². The highest BCUT2D eigenvalue weighted by Crippen LogP contribution is 2.40. The summed E-state index contributed by atoms with van der Waals surface area (Å²) in [7, 11) is 0. The van der Waals surface area contributed by atoms with Gasteiger partial charge in [-0.05, 0) is 63.7 Å². The summed E-state index contributed by atoms with van der Waals surface area (Å²) in [6.45, 7) is 11.3. The zero-order valence-corrected chi connectivity index (χ0v) is 16.5. The summed E-state index contributed by atoms with van der Waals surface area (Å²) in [4.78, 5) is 2.61. The summed E-state index contributed by atoms with van der Waals surface area (Å²) >= 11 is 0. The Bertz CT molecular complexity index is 532. The lowest BCUT2D eigenvalue weighted by atomic mass is 9.78. The van der Waals surface area contributed by atoms with E-state index in [-0.39, 0.29) is 12.4 Å². The van der Waals surface area contributed by atoms with Crippen LogP contribution in [0.25, 0.3) is 0 Å². The number of rotatable bonds is 7. The average molecular weight is 369 g/mol. The van der Waals surface area contributed by atoms with E-state index in [0.717, 1.165) is 31.1 Å². The standard InChI is InChI=1S/C20H32N2O2.ClH/c1-3-14-24-19-17(6-5-7-18(19)23-4-2)15-22-13-10-20(16-22)8-11-21-12-9-20;/h5-7,21H,3-4,8-16H2,1-2H3;1H. The first-order valence-electron chi connectivity index (χ1n) is 9.57. The van der Waals surface area contributed by atoms with E-state index in [1.807, 2.05) is 13.0 Å². The van der Waals surface area contributed by atoms with Gasteiger partial charge in [-0.3, -0.25) is 4.90 Å². The van der Waals surface area contributed by atoms with Gasteiger partial charge in [-0.2, -0.15) is 0 Å². The molecule has 2 aliphatic rings. The first-order valence-corrected chi connectivity index (χ1v) is 9.57. The normalized spacial score (nSPS) is 19.6. The maximum Gasteiger partial charge on any atom is 0.165 e. The lowest BCUT2D eigenvalue weighted by molar-refractivity contribution is 0.192. The van der Waals surface area contributed by atoms with Crippen LogP contribution in [0.4, 0.5) is 0 Å². The minimum Gasteiger partial charge on any atom is -0.490 e. The van der Waals surface area contributed by atoms with E-state index in [9.17, 15) is 0 Å². The highest BCUT2D eigenvalue weighted by atomic mass is 35.5. The summed E-state index contributed by atoms with van der Waals surface area (Å²) in [5, 5.41) is 3.50. The smallest absolute Gasteiger partial charge is 0.165 e. The predicted octanol–water partition coefficient (Wildman–Crippen LogP) is 3.87. The van der Waals surface area contributed by atoms with Gasteiger partial charge in [0, 0.05) is 18.7 Å². The third-order valence-electron chi connectivity index (χ3n) is 5.39. The Morgan fingerprint density at radius 1 is 1.12 bits per heavy atom. The number of benzene rings is 1. The van der Waals surface area contributed by atoms with E-state index in [2.05, 4.69) is 29.3 Å². The maximum atomic E-state index is 6.06. The number of nitrogens with zero attached hydrogens (tertiary/aromatic N) is 1. The molecule has 3 rings (SSSR count). The summed E-state index contributed by atoms with van der Waals surface area (Å²) < 4.78 is 11.9. The van der Waals surface area contributed by atoms with Crippen LogP contribution in [0.15, 0.2) is 18.2 Å². The molecule has 142 valence electrons. The van der Waals surface area contributed by atoms with Crippen molar-refractivity contribution in [2.45, 2.75) is 46.1 Å². The molecule has 0 radical (unpaired) electrons. The SMILES string of the molecule is CCCOc1c(CN2CCC3(CCNCC3)C2)cccc1OCC.Cl. The number of ether oxygens (including phenoxy) is 2. The van der Waals surface area contributed by atoms with Crippen LogP contribution in [0.2, 0.25) is 0 Å². The largest absolute Gasteiger partial charge is 0.490 e. The topological polar surface area (TPSA) is 33.7 Å². The van der Waals surface area contributed by atoms with Crippen molar-refractivity contribution >= 4 is 12.4 Å². The number of para-hydroxylation sites is 1. The fourth-order valence-electron chi connectivity index (χ4n) is 4.09. The van der Waals surface area contributed by atoms with Crippen LogP contribution in [0.5, 0.6) is 11.5 Å². The quantitative estimate of drug-likeness (QED) is 0.792. The average Bonchev–Trinajstić information content (AvgIpc) is 2.97. The monoisotopic (exact) mass is 368 g/mol. The van der Waals surface area contributed by atoms with Gasteiger partial charge in [-0.25, -0.2) is 0 Å². The Hall–Kier alpha value is -0.970. The van der Waals surface area contributed by atoms with Gasteiger partial charge >= 0.3 is 0 Å². The number of hydrogen-bond donors (Lipinski definition) is 1. The van der Waals surface area contributed by atoms with Crippen molar-refractivity contribution in [2.75, 3.05) is 39.4 Å². The second-order valence-corrected chi connectivity index (χ2v) is 7.24. The van der Waals surface area contributed by atoms with Gasteiger partial charge < -0.3 is 14.8 Å². The van der Waals surface area contributed by atoms with Gasteiger partial charge in [0.1, 0.15) is 0 Å². The fourth-order valence-corrected chi connectivity index (χ4v) is 4.09. The van der Waals surface area contributed by atoms with Gasteiger partial charge in [-0.1, -0.05) is 19.1 Å². The second-order valence-electron chi connectivity index (χ2n) is 7.24. The van der Waals surface area contributed by atoms with Crippen LogP contribution in [-0.4, -0.2) is 44.3 Å². The minimum atomic E-state index is 0. The number of piperidine rings is 1. The highest BCUT2D eigenvalue weighted by molar-refractivity contribution is 5.85. The van der Waals surface area contributed by atoms with Crippen molar-refractivity contribution in [1.29, 1.82) is 0 Å². The van der Waals surface area contributed by atoms with E-state index in [4.69, 9.17) is 9.47 Å². The van der Waals surface area contributed by atoms with Gasteiger partial charge in [0.25, 0.3) is 0 Å². The molecule has 2 saturated heterocycles. The molecule has 2 fully saturated rings. The van der Waals surface area contributed by atoms with Crippen molar-refractivity contribution in [1.82, 2.24) is 10.2 Å². The first-order chi connectivity index (χ1) is 11.8. The van der Waals surface area contributed by atoms with E-state index in [1.54, 1.807) is 0 Å². The van der Waals surface area contributed by atoms with Gasteiger partial charge in [0.2, 0.25) is 0 Å². The summed E-state index contributed by atoms with van der Waals surface area (Å²) in [5.74, 6) is 1.84. The molecule has 0 unspecified atom stereocenters. The third-order valence-corrected chi connectivity index (χ3v) is 5.39. The number of nitrogens with one attached hydrogen (secondary N) is 1. The molecule has 5 heteroatoms. The number of halogens is 1. The molecule has 1 aromatic carbocycles. The molecular formula is C20H33ClN2O2. The lowest BCUT2D eigenvalue weighted by Gasteiger charge is -2.34. The van der Waals surface area contributed by atoms with Crippen molar-refractivity contribution in [3.05, 3.63) is 23.8 Å². The molecule has 0 bridgehead atoms. The Morgan fingerprint density at radius 2 is 1.92 bits per heavy atom. The number of likely N-dealkylation sites (tertiary alicyclic amines) is 1. The third kappa shape index (κ3) is 5.02. The minimum absolute atomic E-state index is 0. The second kappa shape index (κ2) is 9.65. The highest BCUT2D eigenvalue weighted by Gasteiger charge is 2.38. The van der Waals surface area contributed by atoms with Crippen LogP contribution in [0.1, 0.15) is 45.1 Å². The first kappa shape index (κ1) is 20.3. The van der Waals surface area contributed by atoms with Crippen LogP contribution < -0.4 is 14.8 Å². The van der Waals surface area contributed by atoms with Gasteiger partial charge in [-0.15, -0.1) is 12.4 Å². The summed E-state index contributed by atoms with van der Waals surface area (Å²) in [6.07, 6.45) is 4.99. The zero-order chi connectivity index (χ0) is 16.8. The Morgan fingerprint density at radius 3 is 2.64 bits per heavy atom. The zero-order valence-electron chi connectivity index (χ0n) is 15.7. The van der Waals surface area contributed by atoms with Crippen LogP contribution in [0, 0.1) is 5.41 Å². The molecule has 0 aliphatic carbocycles. The molecule has 0 atom stereocenters. The van der Waals surface area contributed by atoms with E-state index in [1.165, 1.54) is 51.0 Å². The molecule has 0 amide bonds. The van der Waals surface area contributed by atoms with Crippen LogP contribution in [-0.2, 0) is 6.54 Å². The number of hydrogen-bond acceptors (Lipinski definition) is 4. The Labute approximate surface area is 158 Å². The maximum absolute atomic E-state index is 6.06. The fraction of sp³-hybridized carbons (Fsp3) is 0.700. The molecule has 2 aliphatic heterocycles. The summed E-state index contributed by atoms with van der Waals surface area (Å²) in [5.41, 5.74) is 1.81. The lowest BCUT2D eigenvalue weighted by Crippen LogP contribution is -2.38. The van der Waals surface area contributed by atoms with Crippen LogP contribution in [0.3, 0.4) is 0 Å². The van der Waals surface area contributed by atoms with Crippen LogP contribution >= 0.6 is 12.4 Å². The molecular weight excluding hydrogens is 336 g/mol. The summed E-state index contributed by atoms with van der Waals surface area (Å²) in [6, 6.07) is 6.31. The Kier molecular flexibility index (Phi) is 7.85. The molecule has 25 heavy (non-hydrogen) atoms.